The first-order valence-electron chi connectivity index (χ1n) is 4.84. The van der Waals surface area contributed by atoms with Gasteiger partial charge in [-0.1, -0.05) is 25.8 Å². The third kappa shape index (κ3) is 2.64. The van der Waals surface area contributed by atoms with E-state index in [1.54, 1.807) is 0 Å². The van der Waals surface area contributed by atoms with E-state index in [1.165, 1.54) is 6.42 Å². The predicted octanol–water partition coefficient (Wildman–Crippen LogP) is 4.29. The summed E-state index contributed by atoms with van der Waals surface area (Å²) in [4.78, 5) is 0. The molecule has 74 valence electrons. The van der Waals surface area contributed by atoms with Crippen molar-refractivity contribution in [1.29, 1.82) is 0 Å². The van der Waals surface area contributed by atoms with Crippen molar-refractivity contribution < 1.29 is 8.78 Å². The molecule has 0 amide bonds. The van der Waals surface area contributed by atoms with Crippen LogP contribution in [0.25, 0.3) is 0 Å². The lowest BCUT2D eigenvalue weighted by molar-refractivity contribution is 0.391. The average molecular weight is 186 g/mol. The molecule has 1 saturated carbocycles. The largest absolute Gasteiger partial charge is 0.209 e. The molecule has 0 saturated heterocycles. The second-order valence-corrected chi connectivity index (χ2v) is 3.71. The van der Waals surface area contributed by atoms with E-state index in [-0.39, 0.29) is 5.92 Å². The minimum Gasteiger partial charge on any atom is -0.209 e. The van der Waals surface area contributed by atoms with E-state index < -0.39 is 11.7 Å². The Kier molecular flexibility index (Phi) is 3.64. The van der Waals surface area contributed by atoms with Crippen LogP contribution in [0.1, 0.15) is 39.0 Å². The van der Waals surface area contributed by atoms with Crippen LogP contribution >= 0.6 is 0 Å². The molecule has 0 aromatic rings. The summed E-state index contributed by atoms with van der Waals surface area (Å²) >= 11 is 0. The molecular formula is C11H16F2. The molecule has 1 fully saturated rings. The van der Waals surface area contributed by atoms with Gasteiger partial charge in [-0.2, -0.15) is 0 Å². The molecular weight excluding hydrogens is 170 g/mol. The first-order chi connectivity index (χ1) is 6.13. The summed E-state index contributed by atoms with van der Waals surface area (Å²) in [6.07, 6.45) is 5.35. The van der Waals surface area contributed by atoms with Crippen LogP contribution in [0.3, 0.4) is 0 Å². The zero-order chi connectivity index (χ0) is 9.84. The van der Waals surface area contributed by atoms with Crippen molar-refractivity contribution in [3.8, 4) is 0 Å². The van der Waals surface area contributed by atoms with Crippen LogP contribution in [0.5, 0.6) is 0 Å². The van der Waals surface area contributed by atoms with Crippen molar-refractivity contribution in [3.63, 3.8) is 0 Å². The van der Waals surface area contributed by atoms with Gasteiger partial charge in [0.15, 0.2) is 5.83 Å². The number of hydrogen-bond acceptors (Lipinski definition) is 0. The molecule has 0 aromatic carbocycles. The Morgan fingerprint density at radius 3 is 2.15 bits per heavy atom. The number of halogens is 2. The summed E-state index contributed by atoms with van der Waals surface area (Å²) in [5.41, 5.74) is 0.361. The van der Waals surface area contributed by atoms with Gasteiger partial charge in [0.1, 0.15) is 5.83 Å². The molecule has 0 aromatic heterocycles. The minimum absolute atomic E-state index is 0.166. The fraction of sp³-hybridized carbons (Fsp3) is 0.636. The van der Waals surface area contributed by atoms with Crippen molar-refractivity contribution in [2.75, 3.05) is 0 Å². The van der Waals surface area contributed by atoms with E-state index in [1.807, 2.05) is 0 Å². The highest BCUT2D eigenvalue weighted by molar-refractivity contribution is 5.26. The van der Waals surface area contributed by atoms with Crippen molar-refractivity contribution in [1.82, 2.24) is 0 Å². The fourth-order valence-corrected chi connectivity index (χ4v) is 1.85. The van der Waals surface area contributed by atoms with E-state index in [0.717, 1.165) is 32.6 Å². The minimum atomic E-state index is -0.740. The van der Waals surface area contributed by atoms with E-state index in [2.05, 4.69) is 6.58 Å². The summed E-state index contributed by atoms with van der Waals surface area (Å²) in [5.74, 6) is -1.30. The highest BCUT2D eigenvalue weighted by Crippen LogP contribution is 2.33. The maximum Gasteiger partial charge on any atom is 0.157 e. The van der Waals surface area contributed by atoms with Crippen LogP contribution in [-0.4, -0.2) is 0 Å². The van der Waals surface area contributed by atoms with Crippen LogP contribution in [0.2, 0.25) is 0 Å². The molecule has 0 unspecified atom stereocenters. The summed E-state index contributed by atoms with van der Waals surface area (Å²) < 4.78 is 25.7. The highest BCUT2D eigenvalue weighted by Gasteiger charge is 2.20. The van der Waals surface area contributed by atoms with Crippen LogP contribution in [0.4, 0.5) is 8.78 Å². The van der Waals surface area contributed by atoms with Gasteiger partial charge in [-0.05, 0) is 31.3 Å². The SMILES string of the molecule is C=C(/C(F)=C(\C)F)C1CCCCC1. The Bertz CT molecular complexity index is 218. The molecule has 2 heteroatoms. The number of allylic oxidation sites excluding steroid dienone is 3. The maximum absolute atomic E-state index is 13.1. The zero-order valence-electron chi connectivity index (χ0n) is 8.08. The topological polar surface area (TPSA) is 0 Å². The second kappa shape index (κ2) is 4.54. The first kappa shape index (κ1) is 10.4. The molecule has 1 aliphatic rings. The van der Waals surface area contributed by atoms with Gasteiger partial charge in [-0.25, -0.2) is 8.78 Å². The van der Waals surface area contributed by atoms with E-state index in [9.17, 15) is 8.78 Å². The molecule has 1 aliphatic carbocycles. The smallest absolute Gasteiger partial charge is 0.157 e. The van der Waals surface area contributed by atoms with Crippen molar-refractivity contribution in [2.45, 2.75) is 39.0 Å². The Morgan fingerprint density at radius 1 is 1.15 bits per heavy atom. The average Bonchev–Trinajstić information content (AvgIpc) is 2.17. The molecule has 13 heavy (non-hydrogen) atoms. The van der Waals surface area contributed by atoms with Crippen molar-refractivity contribution in [2.24, 2.45) is 5.92 Å². The molecule has 0 atom stereocenters. The molecule has 0 nitrogen and oxygen atoms in total. The zero-order valence-corrected chi connectivity index (χ0v) is 8.08. The van der Waals surface area contributed by atoms with Gasteiger partial charge in [-0.15, -0.1) is 0 Å². The van der Waals surface area contributed by atoms with Gasteiger partial charge < -0.3 is 0 Å². The molecule has 0 aliphatic heterocycles. The van der Waals surface area contributed by atoms with Gasteiger partial charge >= 0.3 is 0 Å². The number of rotatable bonds is 2. The molecule has 0 radical (unpaired) electrons. The number of hydrogen-bond donors (Lipinski definition) is 0. The lowest BCUT2D eigenvalue weighted by atomic mass is 9.84. The van der Waals surface area contributed by atoms with Crippen LogP contribution in [0.15, 0.2) is 23.8 Å². The molecule has 0 N–H and O–H groups in total. The molecule has 1 rings (SSSR count). The lowest BCUT2D eigenvalue weighted by Crippen LogP contribution is -2.09. The van der Waals surface area contributed by atoms with Gasteiger partial charge in [0.05, 0.1) is 0 Å². The summed E-state index contributed by atoms with van der Waals surface area (Å²) in [6.45, 7) is 4.77. The van der Waals surface area contributed by atoms with Crippen LogP contribution in [0, 0.1) is 5.92 Å². The Labute approximate surface area is 78.3 Å². The Hall–Kier alpha value is -0.660. The molecule has 0 bridgehead atoms. The van der Waals surface area contributed by atoms with Gasteiger partial charge in [-0.3, -0.25) is 0 Å². The van der Waals surface area contributed by atoms with Crippen molar-refractivity contribution in [3.05, 3.63) is 23.8 Å². The third-order valence-electron chi connectivity index (χ3n) is 2.68. The van der Waals surface area contributed by atoms with Gasteiger partial charge in [0.2, 0.25) is 0 Å². The summed E-state index contributed by atoms with van der Waals surface area (Å²) in [7, 11) is 0. The standard InChI is InChI=1S/C11H16F2/c1-8(11(13)9(2)12)10-6-4-3-5-7-10/h10H,1,3-7H2,2H3/b11-9-. The molecule has 0 spiro atoms. The quantitative estimate of drug-likeness (QED) is 0.564. The van der Waals surface area contributed by atoms with E-state index >= 15 is 0 Å². The third-order valence-corrected chi connectivity index (χ3v) is 2.68. The lowest BCUT2D eigenvalue weighted by Gasteiger charge is -2.22. The first-order valence-corrected chi connectivity index (χ1v) is 4.84. The summed E-state index contributed by atoms with van der Waals surface area (Å²) in [5, 5.41) is 0. The Morgan fingerprint density at radius 2 is 1.69 bits per heavy atom. The fourth-order valence-electron chi connectivity index (χ4n) is 1.85. The second-order valence-electron chi connectivity index (χ2n) is 3.71. The van der Waals surface area contributed by atoms with Gasteiger partial charge in [0.25, 0.3) is 0 Å². The normalized spacial score (nSPS) is 21.2. The maximum atomic E-state index is 13.1. The van der Waals surface area contributed by atoms with Crippen molar-refractivity contribution >= 4 is 0 Å². The monoisotopic (exact) mass is 186 g/mol. The van der Waals surface area contributed by atoms with E-state index in [0.29, 0.717) is 5.57 Å². The predicted molar refractivity (Wildman–Crippen MR) is 50.6 cm³/mol. The van der Waals surface area contributed by atoms with Crippen LogP contribution < -0.4 is 0 Å². The van der Waals surface area contributed by atoms with Crippen LogP contribution in [-0.2, 0) is 0 Å². The Balaban J connectivity index is 2.61. The molecule has 0 heterocycles. The highest BCUT2D eigenvalue weighted by atomic mass is 19.2. The van der Waals surface area contributed by atoms with E-state index in [4.69, 9.17) is 0 Å². The van der Waals surface area contributed by atoms with Gasteiger partial charge in [0, 0.05) is 0 Å². The summed E-state index contributed by atoms with van der Waals surface area (Å²) in [6, 6.07) is 0.